The van der Waals surface area contributed by atoms with Gasteiger partial charge in [0, 0.05) is 21.0 Å². The first-order valence-electron chi connectivity index (χ1n) is 5.90. The van der Waals surface area contributed by atoms with Crippen molar-refractivity contribution in [2.24, 2.45) is 0 Å². The summed E-state index contributed by atoms with van der Waals surface area (Å²) < 4.78 is 0. The average Bonchev–Trinajstić information content (AvgIpc) is 2.77. The molecule has 0 spiro atoms. The number of hydrogen-bond donors (Lipinski definition) is 1. The Morgan fingerprint density at radius 2 is 1.95 bits per heavy atom. The van der Waals surface area contributed by atoms with E-state index in [2.05, 4.69) is 4.98 Å². The van der Waals surface area contributed by atoms with E-state index in [-0.39, 0.29) is 11.1 Å². The zero-order valence-corrected chi connectivity index (χ0v) is 13.5. The lowest BCUT2D eigenvalue weighted by Gasteiger charge is -2.13. The number of carboxylic acids is 1. The predicted molar refractivity (Wildman–Crippen MR) is 83.2 cm³/mol. The van der Waals surface area contributed by atoms with Gasteiger partial charge in [-0.3, -0.25) is 0 Å². The van der Waals surface area contributed by atoms with Crippen LogP contribution >= 0.6 is 34.5 Å². The topological polar surface area (TPSA) is 50.2 Å². The molecule has 0 bridgehead atoms. The normalized spacial score (nSPS) is 11.7. The Morgan fingerprint density at radius 1 is 1.30 bits per heavy atom. The van der Waals surface area contributed by atoms with Crippen molar-refractivity contribution in [2.45, 2.75) is 26.2 Å². The second-order valence-electron chi connectivity index (χ2n) is 5.38. The predicted octanol–water partition coefficient (Wildman–Crippen LogP) is 5.11. The smallest absolute Gasteiger partial charge is 0.356 e. The largest absolute Gasteiger partial charge is 0.476 e. The molecule has 0 aliphatic heterocycles. The van der Waals surface area contributed by atoms with Gasteiger partial charge in [-0.15, -0.1) is 11.3 Å². The standard InChI is InChI=1S/C14H13Cl2NO2S/c1-14(2,3)13-17-10(12(18)19)11(20-13)8-6-7(15)4-5-9(8)16/h4-6H,1-3H3,(H,18,19). The van der Waals surface area contributed by atoms with Crippen molar-refractivity contribution in [3.8, 4) is 10.4 Å². The number of rotatable bonds is 2. The van der Waals surface area contributed by atoms with Crippen LogP contribution in [0.25, 0.3) is 10.4 Å². The second-order valence-corrected chi connectivity index (χ2v) is 7.22. The van der Waals surface area contributed by atoms with E-state index in [1.165, 1.54) is 11.3 Å². The van der Waals surface area contributed by atoms with E-state index < -0.39 is 5.97 Å². The summed E-state index contributed by atoms with van der Waals surface area (Å²) in [6.45, 7) is 5.96. The van der Waals surface area contributed by atoms with Gasteiger partial charge in [-0.05, 0) is 18.2 Å². The summed E-state index contributed by atoms with van der Waals surface area (Å²) >= 11 is 13.5. The summed E-state index contributed by atoms with van der Waals surface area (Å²) in [6.07, 6.45) is 0. The van der Waals surface area contributed by atoms with Crippen LogP contribution in [0.15, 0.2) is 18.2 Å². The van der Waals surface area contributed by atoms with Crippen LogP contribution in [-0.4, -0.2) is 16.1 Å². The number of nitrogens with zero attached hydrogens (tertiary/aromatic N) is 1. The number of carbonyl (C=O) groups is 1. The van der Waals surface area contributed by atoms with Crippen molar-refractivity contribution >= 4 is 40.5 Å². The molecule has 20 heavy (non-hydrogen) atoms. The van der Waals surface area contributed by atoms with E-state index in [4.69, 9.17) is 23.2 Å². The van der Waals surface area contributed by atoms with Crippen molar-refractivity contribution in [2.75, 3.05) is 0 Å². The molecular formula is C14H13Cl2NO2S. The van der Waals surface area contributed by atoms with Crippen LogP contribution in [0.1, 0.15) is 36.3 Å². The SMILES string of the molecule is CC(C)(C)c1nc(C(=O)O)c(-c2cc(Cl)ccc2Cl)s1. The van der Waals surface area contributed by atoms with Gasteiger partial charge in [0.1, 0.15) is 0 Å². The number of carboxylic acid groups (broad SMARTS) is 1. The Morgan fingerprint density at radius 3 is 2.50 bits per heavy atom. The maximum Gasteiger partial charge on any atom is 0.356 e. The Labute approximate surface area is 131 Å². The highest BCUT2D eigenvalue weighted by atomic mass is 35.5. The van der Waals surface area contributed by atoms with Gasteiger partial charge in [0.25, 0.3) is 0 Å². The zero-order chi connectivity index (χ0) is 15.1. The van der Waals surface area contributed by atoms with Crippen LogP contribution in [0, 0.1) is 0 Å². The van der Waals surface area contributed by atoms with Crippen LogP contribution in [0.2, 0.25) is 10.0 Å². The first-order valence-corrected chi connectivity index (χ1v) is 7.47. The molecule has 6 heteroatoms. The molecule has 1 N–H and O–H groups in total. The fourth-order valence-corrected chi connectivity index (χ4v) is 3.23. The Hall–Kier alpha value is -1.10. The Balaban J connectivity index is 2.69. The third-order valence-corrected chi connectivity index (χ3v) is 4.72. The summed E-state index contributed by atoms with van der Waals surface area (Å²) in [5, 5.41) is 11.1. The molecule has 0 aliphatic carbocycles. The van der Waals surface area contributed by atoms with E-state index in [1.807, 2.05) is 20.8 Å². The summed E-state index contributed by atoms with van der Waals surface area (Å²) in [7, 11) is 0. The molecular weight excluding hydrogens is 317 g/mol. The quantitative estimate of drug-likeness (QED) is 0.832. The van der Waals surface area contributed by atoms with Crippen molar-refractivity contribution in [1.82, 2.24) is 4.98 Å². The summed E-state index contributed by atoms with van der Waals surface area (Å²) in [6, 6.07) is 4.98. The molecule has 0 atom stereocenters. The number of benzene rings is 1. The van der Waals surface area contributed by atoms with Gasteiger partial charge in [0.05, 0.1) is 9.88 Å². The van der Waals surface area contributed by atoms with Gasteiger partial charge in [-0.25, -0.2) is 9.78 Å². The van der Waals surface area contributed by atoms with Gasteiger partial charge in [-0.2, -0.15) is 0 Å². The molecule has 3 nitrogen and oxygen atoms in total. The third kappa shape index (κ3) is 2.97. The monoisotopic (exact) mass is 329 g/mol. The van der Waals surface area contributed by atoms with Crippen LogP contribution in [0.5, 0.6) is 0 Å². The molecule has 1 aromatic heterocycles. The first-order chi connectivity index (χ1) is 9.20. The van der Waals surface area contributed by atoms with Crippen LogP contribution in [-0.2, 0) is 5.41 Å². The number of aromatic carboxylic acids is 1. The van der Waals surface area contributed by atoms with Crippen LogP contribution in [0.4, 0.5) is 0 Å². The van der Waals surface area contributed by atoms with Gasteiger partial charge in [-0.1, -0.05) is 44.0 Å². The molecule has 0 saturated heterocycles. The van der Waals surface area contributed by atoms with Gasteiger partial charge in [0.15, 0.2) is 5.69 Å². The van der Waals surface area contributed by atoms with E-state index in [9.17, 15) is 9.90 Å². The number of thiazole rings is 1. The third-order valence-electron chi connectivity index (χ3n) is 2.64. The lowest BCUT2D eigenvalue weighted by atomic mass is 9.98. The minimum atomic E-state index is -1.07. The second kappa shape index (κ2) is 5.35. The highest BCUT2D eigenvalue weighted by molar-refractivity contribution is 7.15. The van der Waals surface area contributed by atoms with E-state index in [0.717, 1.165) is 5.01 Å². The lowest BCUT2D eigenvalue weighted by molar-refractivity contribution is 0.0692. The molecule has 0 amide bonds. The van der Waals surface area contributed by atoms with E-state index in [0.29, 0.717) is 20.5 Å². The molecule has 1 heterocycles. The van der Waals surface area contributed by atoms with Crippen LogP contribution in [0.3, 0.4) is 0 Å². The molecule has 0 saturated carbocycles. The fourth-order valence-electron chi connectivity index (χ4n) is 1.64. The molecule has 1 aromatic carbocycles. The van der Waals surface area contributed by atoms with E-state index in [1.54, 1.807) is 18.2 Å². The maximum absolute atomic E-state index is 11.4. The zero-order valence-electron chi connectivity index (χ0n) is 11.2. The van der Waals surface area contributed by atoms with Crippen LogP contribution < -0.4 is 0 Å². The van der Waals surface area contributed by atoms with Crippen molar-refractivity contribution in [1.29, 1.82) is 0 Å². The summed E-state index contributed by atoms with van der Waals surface area (Å²) in [4.78, 5) is 16.2. The molecule has 0 unspecified atom stereocenters. The highest BCUT2D eigenvalue weighted by Crippen LogP contribution is 2.39. The highest BCUT2D eigenvalue weighted by Gasteiger charge is 2.26. The van der Waals surface area contributed by atoms with Gasteiger partial charge >= 0.3 is 5.97 Å². The molecule has 106 valence electrons. The number of aromatic nitrogens is 1. The van der Waals surface area contributed by atoms with Crippen molar-refractivity contribution in [3.05, 3.63) is 38.9 Å². The molecule has 0 fully saturated rings. The molecule has 0 aliphatic rings. The molecule has 2 aromatic rings. The summed E-state index contributed by atoms with van der Waals surface area (Å²) in [5.74, 6) is -1.07. The first kappa shape index (κ1) is 15.3. The average molecular weight is 330 g/mol. The minimum absolute atomic E-state index is 0.0177. The number of hydrogen-bond acceptors (Lipinski definition) is 3. The van der Waals surface area contributed by atoms with E-state index >= 15 is 0 Å². The molecule has 2 rings (SSSR count). The Kier molecular flexibility index (Phi) is 4.09. The number of halogens is 2. The maximum atomic E-state index is 11.4. The van der Waals surface area contributed by atoms with Crippen molar-refractivity contribution in [3.63, 3.8) is 0 Å². The summed E-state index contributed by atoms with van der Waals surface area (Å²) in [5.41, 5.74) is 0.395. The fraction of sp³-hybridized carbons (Fsp3) is 0.286. The van der Waals surface area contributed by atoms with Gasteiger partial charge in [0.2, 0.25) is 0 Å². The molecule has 0 radical (unpaired) electrons. The lowest BCUT2D eigenvalue weighted by Crippen LogP contribution is -2.11. The minimum Gasteiger partial charge on any atom is -0.476 e. The van der Waals surface area contributed by atoms with Crippen molar-refractivity contribution < 1.29 is 9.90 Å². The van der Waals surface area contributed by atoms with Gasteiger partial charge < -0.3 is 5.11 Å². The Bertz CT molecular complexity index is 674.